The largest absolute Gasteiger partial charge is 0.382 e. The van der Waals surface area contributed by atoms with Gasteiger partial charge in [0.2, 0.25) is 0 Å². The molecule has 0 unspecified atom stereocenters. The minimum Gasteiger partial charge on any atom is -0.382 e. The van der Waals surface area contributed by atoms with Crippen LogP contribution in [0, 0.1) is 0 Å². The highest BCUT2D eigenvalue weighted by atomic mass is 35.5. The van der Waals surface area contributed by atoms with Gasteiger partial charge in [-0.2, -0.15) is 0 Å². The van der Waals surface area contributed by atoms with E-state index in [1.165, 1.54) is 0 Å². The first kappa shape index (κ1) is 7.25. The Balaban J connectivity index is 2.49. The monoisotopic (exact) mass is 186 g/mol. The Hall–Kier alpha value is -0.410. The Morgan fingerprint density at radius 3 is 3.27 bits per heavy atom. The Morgan fingerprint density at radius 1 is 1.55 bits per heavy atom. The summed E-state index contributed by atoms with van der Waals surface area (Å²) in [5.41, 5.74) is 1.06. The van der Waals surface area contributed by atoms with Gasteiger partial charge in [-0.15, -0.1) is 11.8 Å². The number of rotatable bonds is 0. The molecule has 4 heteroatoms. The maximum absolute atomic E-state index is 5.92. The molecule has 0 radical (unpaired) electrons. The second kappa shape index (κ2) is 2.91. The van der Waals surface area contributed by atoms with E-state index in [1.807, 2.05) is 6.20 Å². The smallest absolute Gasteiger partial charge is 0.0746 e. The topological polar surface area (TPSA) is 24.9 Å². The summed E-state index contributed by atoms with van der Waals surface area (Å²) in [4.78, 5) is 5.12. The van der Waals surface area contributed by atoms with Gasteiger partial charge in [0, 0.05) is 18.5 Å². The molecule has 0 bridgehead atoms. The van der Waals surface area contributed by atoms with Crippen molar-refractivity contribution in [1.29, 1.82) is 0 Å². The van der Waals surface area contributed by atoms with E-state index in [9.17, 15) is 0 Å². The van der Waals surface area contributed by atoms with Crippen LogP contribution in [0.1, 0.15) is 0 Å². The van der Waals surface area contributed by atoms with E-state index >= 15 is 0 Å². The number of hydrogen-bond donors (Lipinski definition) is 1. The number of hydrogen-bond acceptors (Lipinski definition) is 3. The fourth-order valence-electron chi connectivity index (χ4n) is 1.03. The lowest BCUT2D eigenvalue weighted by Crippen LogP contribution is -2.10. The summed E-state index contributed by atoms with van der Waals surface area (Å²) >= 11 is 7.70. The molecule has 11 heavy (non-hydrogen) atoms. The third-order valence-electron chi connectivity index (χ3n) is 1.52. The zero-order chi connectivity index (χ0) is 7.68. The summed E-state index contributed by atoms with van der Waals surface area (Å²) < 4.78 is 0. The molecule has 0 amide bonds. The molecule has 1 aliphatic rings. The number of fused-ring (bicyclic) bond motifs is 1. The second-order valence-corrected chi connectivity index (χ2v) is 3.79. The van der Waals surface area contributed by atoms with E-state index < -0.39 is 0 Å². The van der Waals surface area contributed by atoms with Crippen LogP contribution in [0.2, 0.25) is 5.02 Å². The maximum Gasteiger partial charge on any atom is 0.0746 e. The van der Waals surface area contributed by atoms with Gasteiger partial charge in [0.15, 0.2) is 0 Å². The van der Waals surface area contributed by atoms with Gasteiger partial charge in [-0.1, -0.05) is 11.6 Å². The van der Waals surface area contributed by atoms with Crippen LogP contribution in [0.5, 0.6) is 0 Å². The van der Waals surface area contributed by atoms with Crippen LogP contribution in [0.25, 0.3) is 0 Å². The lowest BCUT2D eigenvalue weighted by molar-refractivity contribution is 1.14. The summed E-state index contributed by atoms with van der Waals surface area (Å²) in [5.74, 6) is 1.08. The molecule has 0 saturated heterocycles. The summed E-state index contributed by atoms with van der Waals surface area (Å²) in [6, 6.07) is 0. The predicted molar refractivity (Wildman–Crippen MR) is 48.5 cm³/mol. The predicted octanol–water partition coefficient (Wildman–Crippen LogP) is 2.25. The van der Waals surface area contributed by atoms with E-state index in [-0.39, 0.29) is 0 Å². The van der Waals surface area contributed by atoms with E-state index in [2.05, 4.69) is 10.3 Å². The Labute approximate surface area is 74.4 Å². The number of thioether (sulfide) groups is 1. The van der Waals surface area contributed by atoms with Crippen LogP contribution in [0.15, 0.2) is 17.3 Å². The summed E-state index contributed by atoms with van der Waals surface area (Å²) in [6.07, 6.45) is 3.49. The van der Waals surface area contributed by atoms with Crippen LogP contribution >= 0.6 is 23.4 Å². The van der Waals surface area contributed by atoms with Crippen molar-refractivity contribution in [3.05, 3.63) is 17.4 Å². The third-order valence-corrected chi connectivity index (χ3v) is 3.05. The van der Waals surface area contributed by atoms with Gasteiger partial charge in [-0.3, -0.25) is 4.98 Å². The molecule has 0 fully saturated rings. The van der Waals surface area contributed by atoms with Crippen molar-refractivity contribution in [2.75, 3.05) is 17.6 Å². The quantitative estimate of drug-likeness (QED) is 0.673. The fraction of sp³-hybridized carbons (Fsp3) is 0.286. The highest BCUT2D eigenvalue weighted by Crippen LogP contribution is 2.35. The summed E-state index contributed by atoms with van der Waals surface area (Å²) in [6.45, 7) is 1.000. The van der Waals surface area contributed by atoms with Gasteiger partial charge in [-0.05, 0) is 0 Å². The summed E-state index contributed by atoms with van der Waals surface area (Å²) in [5, 5.41) is 3.99. The first-order valence-corrected chi connectivity index (χ1v) is 4.74. The van der Waals surface area contributed by atoms with Crippen molar-refractivity contribution in [2.45, 2.75) is 4.90 Å². The van der Waals surface area contributed by atoms with E-state index in [1.54, 1.807) is 18.0 Å². The number of pyridine rings is 1. The Bertz CT molecular complexity index is 277. The number of nitrogens with one attached hydrogen (secondary N) is 1. The fourth-order valence-corrected chi connectivity index (χ4v) is 2.24. The zero-order valence-corrected chi connectivity index (χ0v) is 7.37. The van der Waals surface area contributed by atoms with Crippen molar-refractivity contribution in [3.8, 4) is 0 Å². The number of halogens is 1. The molecule has 0 aromatic carbocycles. The normalized spacial score (nSPS) is 15.4. The molecule has 1 aromatic rings. The molecular weight excluding hydrogens is 180 g/mol. The van der Waals surface area contributed by atoms with E-state index in [0.29, 0.717) is 0 Å². The first-order chi connectivity index (χ1) is 5.38. The zero-order valence-electron chi connectivity index (χ0n) is 5.80. The molecule has 2 nitrogen and oxygen atoms in total. The molecule has 1 N–H and O–H groups in total. The Kier molecular flexibility index (Phi) is 1.92. The average molecular weight is 187 g/mol. The van der Waals surface area contributed by atoms with Gasteiger partial charge in [0.1, 0.15) is 0 Å². The SMILES string of the molecule is Clc1cncc2c1SCCN2. The van der Waals surface area contributed by atoms with Crippen LogP contribution in [-0.4, -0.2) is 17.3 Å². The van der Waals surface area contributed by atoms with Crippen molar-refractivity contribution < 1.29 is 0 Å². The highest BCUT2D eigenvalue weighted by Gasteiger charge is 2.11. The molecule has 0 aliphatic carbocycles. The molecular formula is C7H7ClN2S. The van der Waals surface area contributed by atoms with Crippen LogP contribution in [0.4, 0.5) is 5.69 Å². The van der Waals surface area contributed by atoms with Gasteiger partial charge < -0.3 is 5.32 Å². The maximum atomic E-state index is 5.92. The standard InChI is InChI=1S/C7H7ClN2S/c8-5-3-9-4-6-7(5)11-2-1-10-6/h3-4,10H,1-2H2. The molecule has 0 spiro atoms. The summed E-state index contributed by atoms with van der Waals surface area (Å²) in [7, 11) is 0. The van der Waals surface area contributed by atoms with Crippen molar-refractivity contribution in [2.24, 2.45) is 0 Å². The molecule has 0 saturated carbocycles. The lowest BCUT2D eigenvalue weighted by Gasteiger charge is -2.16. The molecule has 0 atom stereocenters. The highest BCUT2D eigenvalue weighted by molar-refractivity contribution is 7.99. The van der Waals surface area contributed by atoms with E-state index in [0.717, 1.165) is 27.9 Å². The number of anilines is 1. The van der Waals surface area contributed by atoms with Gasteiger partial charge in [-0.25, -0.2) is 0 Å². The number of aromatic nitrogens is 1. The second-order valence-electron chi connectivity index (χ2n) is 2.27. The molecule has 58 valence electrons. The molecule has 1 aromatic heterocycles. The number of nitrogens with zero attached hydrogens (tertiary/aromatic N) is 1. The first-order valence-electron chi connectivity index (χ1n) is 3.38. The van der Waals surface area contributed by atoms with Gasteiger partial charge in [0.05, 0.1) is 21.8 Å². The van der Waals surface area contributed by atoms with Crippen molar-refractivity contribution in [1.82, 2.24) is 4.98 Å². The van der Waals surface area contributed by atoms with E-state index in [4.69, 9.17) is 11.6 Å². The minimum atomic E-state index is 0.750. The minimum absolute atomic E-state index is 0.750. The third kappa shape index (κ3) is 1.30. The van der Waals surface area contributed by atoms with Gasteiger partial charge >= 0.3 is 0 Å². The molecule has 2 rings (SSSR count). The lowest BCUT2D eigenvalue weighted by atomic mass is 10.4. The molecule has 1 aliphatic heterocycles. The molecule has 2 heterocycles. The van der Waals surface area contributed by atoms with Crippen molar-refractivity contribution in [3.63, 3.8) is 0 Å². The van der Waals surface area contributed by atoms with Crippen LogP contribution in [-0.2, 0) is 0 Å². The Morgan fingerprint density at radius 2 is 2.45 bits per heavy atom. The van der Waals surface area contributed by atoms with Gasteiger partial charge in [0.25, 0.3) is 0 Å². The van der Waals surface area contributed by atoms with Crippen LogP contribution in [0.3, 0.4) is 0 Å². The van der Waals surface area contributed by atoms with Crippen molar-refractivity contribution >= 4 is 29.1 Å². The van der Waals surface area contributed by atoms with Crippen LogP contribution < -0.4 is 5.32 Å². The average Bonchev–Trinajstić information content (AvgIpc) is 2.06.